The van der Waals surface area contributed by atoms with Crippen LogP contribution in [0.3, 0.4) is 0 Å². The van der Waals surface area contributed by atoms with Gasteiger partial charge in [-0.05, 0) is 34.5 Å². The van der Waals surface area contributed by atoms with Crippen LogP contribution < -0.4 is 5.32 Å². The number of halogens is 1. The standard InChI is InChI=1S/C10H12BrN5/c1-7-4-3-5-12-10(7)13-6-8-9(11)14-15-16(8)2/h3-5H,6H2,1-2H3,(H,12,13). The van der Waals surface area contributed by atoms with E-state index in [0.29, 0.717) is 6.54 Å². The van der Waals surface area contributed by atoms with E-state index in [0.717, 1.165) is 21.7 Å². The van der Waals surface area contributed by atoms with Crippen LogP contribution in [-0.4, -0.2) is 20.0 Å². The highest BCUT2D eigenvalue weighted by Crippen LogP contribution is 2.15. The molecule has 0 aliphatic rings. The van der Waals surface area contributed by atoms with Crippen LogP contribution in [0.5, 0.6) is 0 Å². The maximum absolute atomic E-state index is 4.26. The molecule has 0 spiro atoms. The summed E-state index contributed by atoms with van der Waals surface area (Å²) in [6.45, 7) is 2.66. The van der Waals surface area contributed by atoms with E-state index in [1.807, 2.05) is 26.1 Å². The highest BCUT2D eigenvalue weighted by atomic mass is 79.9. The van der Waals surface area contributed by atoms with Crippen molar-refractivity contribution in [1.29, 1.82) is 0 Å². The van der Waals surface area contributed by atoms with Crippen molar-refractivity contribution in [2.45, 2.75) is 13.5 Å². The average molecular weight is 282 g/mol. The predicted molar refractivity (Wildman–Crippen MR) is 65.0 cm³/mol. The molecule has 0 bridgehead atoms. The highest BCUT2D eigenvalue weighted by molar-refractivity contribution is 9.10. The van der Waals surface area contributed by atoms with E-state index in [2.05, 4.69) is 36.5 Å². The number of hydrogen-bond acceptors (Lipinski definition) is 4. The van der Waals surface area contributed by atoms with E-state index >= 15 is 0 Å². The number of nitrogens with one attached hydrogen (secondary N) is 1. The first-order chi connectivity index (χ1) is 7.68. The summed E-state index contributed by atoms with van der Waals surface area (Å²) in [6, 6.07) is 3.94. The molecular weight excluding hydrogens is 270 g/mol. The van der Waals surface area contributed by atoms with Crippen LogP contribution in [0, 0.1) is 6.92 Å². The van der Waals surface area contributed by atoms with Crippen molar-refractivity contribution in [3.05, 3.63) is 34.2 Å². The van der Waals surface area contributed by atoms with Crippen molar-refractivity contribution in [2.24, 2.45) is 7.05 Å². The first kappa shape index (κ1) is 11.1. The van der Waals surface area contributed by atoms with Crippen molar-refractivity contribution >= 4 is 21.7 Å². The fourth-order valence-corrected chi connectivity index (χ4v) is 1.84. The van der Waals surface area contributed by atoms with Crippen molar-refractivity contribution in [3.8, 4) is 0 Å². The van der Waals surface area contributed by atoms with Crippen LogP contribution in [-0.2, 0) is 13.6 Å². The number of rotatable bonds is 3. The third-order valence-corrected chi connectivity index (χ3v) is 2.94. The number of aryl methyl sites for hydroxylation is 2. The topological polar surface area (TPSA) is 55.6 Å². The number of anilines is 1. The fourth-order valence-electron chi connectivity index (χ4n) is 1.38. The summed E-state index contributed by atoms with van der Waals surface area (Å²) in [6.07, 6.45) is 1.77. The quantitative estimate of drug-likeness (QED) is 0.934. The molecule has 16 heavy (non-hydrogen) atoms. The van der Waals surface area contributed by atoms with Gasteiger partial charge in [-0.2, -0.15) is 0 Å². The molecule has 2 rings (SSSR count). The SMILES string of the molecule is Cc1cccnc1NCc1c(Br)nnn1C. The lowest BCUT2D eigenvalue weighted by Gasteiger charge is -2.07. The van der Waals surface area contributed by atoms with E-state index < -0.39 is 0 Å². The predicted octanol–water partition coefficient (Wildman–Crippen LogP) is 1.89. The van der Waals surface area contributed by atoms with Crippen LogP contribution in [0.15, 0.2) is 22.9 Å². The number of hydrogen-bond donors (Lipinski definition) is 1. The second-order valence-corrected chi connectivity index (χ2v) is 4.22. The molecule has 0 amide bonds. The molecule has 6 heteroatoms. The molecule has 2 heterocycles. The molecule has 0 fully saturated rings. The van der Waals surface area contributed by atoms with Gasteiger partial charge in [-0.3, -0.25) is 0 Å². The molecule has 0 aliphatic heterocycles. The van der Waals surface area contributed by atoms with Gasteiger partial charge in [0.15, 0.2) is 4.60 Å². The Morgan fingerprint density at radius 1 is 1.50 bits per heavy atom. The summed E-state index contributed by atoms with van der Waals surface area (Å²) in [5.74, 6) is 0.885. The van der Waals surface area contributed by atoms with Gasteiger partial charge in [0.05, 0.1) is 12.2 Å². The van der Waals surface area contributed by atoms with Gasteiger partial charge < -0.3 is 5.32 Å². The lowest BCUT2D eigenvalue weighted by Crippen LogP contribution is -2.07. The molecular formula is C10H12BrN5. The second kappa shape index (κ2) is 4.61. The second-order valence-electron chi connectivity index (χ2n) is 3.47. The summed E-state index contributed by atoms with van der Waals surface area (Å²) < 4.78 is 2.49. The average Bonchev–Trinajstić information content (AvgIpc) is 2.58. The Bertz CT molecular complexity index is 474. The van der Waals surface area contributed by atoms with Gasteiger partial charge in [-0.1, -0.05) is 11.3 Å². The largest absolute Gasteiger partial charge is 0.364 e. The van der Waals surface area contributed by atoms with Gasteiger partial charge >= 0.3 is 0 Å². The molecule has 0 saturated carbocycles. The molecule has 0 saturated heterocycles. The number of aromatic nitrogens is 4. The van der Waals surface area contributed by atoms with E-state index in [1.165, 1.54) is 0 Å². The Hall–Kier alpha value is -1.43. The number of pyridine rings is 1. The normalized spacial score (nSPS) is 10.4. The molecule has 5 nitrogen and oxygen atoms in total. The van der Waals surface area contributed by atoms with Gasteiger partial charge in [0.2, 0.25) is 0 Å². The van der Waals surface area contributed by atoms with E-state index in [1.54, 1.807) is 10.9 Å². The maximum Gasteiger partial charge on any atom is 0.153 e. The smallest absolute Gasteiger partial charge is 0.153 e. The van der Waals surface area contributed by atoms with Crippen LogP contribution in [0.2, 0.25) is 0 Å². The minimum absolute atomic E-state index is 0.641. The third kappa shape index (κ3) is 2.21. The fraction of sp³-hybridized carbons (Fsp3) is 0.300. The molecule has 2 aromatic rings. The van der Waals surface area contributed by atoms with Crippen LogP contribution in [0.4, 0.5) is 5.82 Å². The third-order valence-electron chi connectivity index (χ3n) is 2.33. The molecule has 1 N–H and O–H groups in total. The molecule has 0 radical (unpaired) electrons. The van der Waals surface area contributed by atoms with Gasteiger partial charge in [0, 0.05) is 13.2 Å². The molecule has 0 unspecified atom stereocenters. The summed E-state index contributed by atoms with van der Waals surface area (Å²) in [5, 5.41) is 11.1. The molecule has 0 atom stereocenters. The zero-order valence-corrected chi connectivity index (χ0v) is 10.7. The van der Waals surface area contributed by atoms with E-state index in [9.17, 15) is 0 Å². The minimum atomic E-state index is 0.641. The monoisotopic (exact) mass is 281 g/mol. The lowest BCUT2D eigenvalue weighted by atomic mass is 10.3. The van der Waals surface area contributed by atoms with Crippen molar-refractivity contribution in [2.75, 3.05) is 5.32 Å². The molecule has 2 aromatic heterocycles. The van der Waals surface area contributed by atoms with Crippen LogP contribution >= 0.6 is 15.9 Å². The first-order valence-electron chi connectivity index (χ1n) is 4.88. The van der Waals surface area contributed by atoms with Crippen molar-refractivity contribution in [1.82, 2.24) is 20.0 Å². The highest BCUT2D eigenvalue weighted by Gasteiger charge is 2.07. The van der Waals surface area contributed by atoms with Gasteiger partial charge in [0.1, 0.15) is 5.82 Å². The molecule has 0 aromatic carbocycles. The van der Waals surface area contributed by atoms with Crippen LogP contribution in [0.25, 0.3) is 0 Å². The molecule has 84 valence electrons. The van der Waals surface area contributed by atoms with Crippen molar-refractivity contribution < 1.29 is 0 Å². The number of nitrogens with zero attached hydrogens (tertiary/aromatic N) is 4. The lowest BCUT2D eigenvalue weighted by molar-refractivity contribution is 0.683. The Labute approximate surface area is 102 Å². The Morgan fingerprint density at radius 2 is 2.31 bits per heavy atom. The first-order valence-corrected chi connectivity index (χ1v) is 5.67. The summed E-state index contributed by atoms with van der Waals surface area (Å²) in [4.78, 5) is 4.26. The zero-order chi connectivity index (χ0) is 11.5. The Kier molecular flexibility index (Phi) is 3.19. The van der Waals surface area contributed by atoms with Gasteiger partial charge in [0.25, 0.3) is 0 Å². The van der Waals surface area contributed by atoms with Gasteiger partial charge in [-0.15, -0.1) is 5.10 Å². The Morgan fingerprint density at radius 3 is 2.94 bits per heavy atom. The van der Waals surface area contributed by atoms with E-state index in [4.69, 9.17) is 0 Å². The minimum Gasteiger partial charge on any atom is -0.364 e. The molecule has 0 aliphatic carbocycles. The van der Waals surface area contributed by atoms with Crippen molar-refractivity contribution in [3.63, 3.8) is 0 Å². The zero-order valence-electron chi connectivity index (χ0n) is 9.11. The summed E-state index contributed by atoms with van der Waals surface area (Å²) >= 11 is 3.35. The maximum atomic E-state index is 4.26. The van der Waals surface area contributed by atoms with Gasteiger partial charge in [-0.25, -0.2) is 9.67 Å². The Balaban J connectivity index is 2.11. The summed E-state index contributed by atoms with van der Waals surface area (Å²) in [7, 11) is 1.86. The summed E-state index contributed by atoms with van der Waals surface area (Å²) in [5.41, 5.74) is 2.11. The van der Waals surface area contributed by atoms with E-state index in [-0.39, 0.29) is 0 Å². The van der Waals surface area contributed by atoms with Crippen LogP contribution in [0.1, 0.15) is 11.3 Å².